The van der Waals surface area contributed by atoms with E-state index in [-0.39, 0.29) is 32.6 Å². The second kappa shape index (κ2) is 42.8. The summed E-state index contributed by atoms with van der Waals surface area (Å²) in [6.45, 7) is 3.67. The van der Waals surface area contributed by atoms with Crippen LogP contribution in [0.1, 0.15) is 213 Å². The third-order valence-electron chi connectivity index (χ3n) is 9.73. The van der Waals surface area contributed by atoms with Gasteiger partial charge in [-0.15, -0.1) is 0 Å². The lowest BCUT2D eigenvalue weighted by molar-refractivity contribution is -0.161. The number of rotatable bonds is 43. The molecule has 0 aromatic rings. The van der Waals surface area contributed by atoms with E-state index in [0.29, 0.717) is 12.8 Å². The van der Waals surface area contributed by atoms with Gasteiger partial charge in [0.2, 0.25) is 0 Å². The van der Waals surface area contributed by atoms with Crippen molar-refractivity contribution in [2.75, 3.05) is 26.4 Å². The highest BCUT2D eigenvalue weighted by Gasteiger charge is 2.26. The van der Waals surface area contributed by atoms with Crippen molar-refractivity contribution in [3.05, 3.63) is 36.5 Å². The minimum atomic E-state index is -4.38. The first-order valence-electron chi connectivity index (χ1n) is 23.0. The standard InChI is InChI=1S/C46H86NO8P/c1-3-5-7-9-11-13-15-17-18-19-20-21-22-23-24-25-26-27-29-30-32-34-36-38-45(48)52-42-44(43-54-56(50,51)53-41-40-47)55-46(49)39-37-35-33-31-28-16-14-12-10-8-6-4-2/h12,14,25-26,30,32,44H,3-11,13,15-24,27-29,31,33-43,47H2,1-2H3,(H,50,51)/b14-12+,26-25+,32-30+/t44-/m0/s1. The highest BCUT2D eigenvalue weighted by atomic mass is 31.2. The van der Waals surface area contributed by atoms with E-state index >= 15 is 0 Å². The van der Waals surface area contributed by atoms with Crippen LogP contribution >= 0.6 is 7.82 Å². The van der Waals surface area contributed by atoms with Gasteiger partial charge in [0.1, 0.15) is 6.61 Å². The van der Waals surface area contributed by atoms with Crippen molar-refractivity contribution in [2.45, 2.75) is 219 Å². The lowest BCUT2D eigenvalue weighted by Crippen LogP contribution is -2.29. The molecule has 0 aromatic carbocycles. The summed E-state index contributed by atoms with van der Waals surface area (Å²) in [6.07, 6.45) is 47.7. The normalized spacial score (nSPS) is 13.6. The predicted octanol–water partition coefficient (Wildman–Crippen LogP) is 13.3. The first-order chi connectivity index (χ1) is 27.3. The molecule has 3 N–H and O–H groups in total. The smallest absolute Gasteiger partial charge is 0.462 e. The van der Waals surface area contributed by atoms with Crippen LogP contribution in [0, 0.1) is 0 Å². The van der Waals surface area contributed by atoms with E-state index in [0.717, 1.165) is 64.2 Å². The molecule has 0 fully saturated rings. The van der Waals surface area contributed by atoms with Crippen LogP contribution in [0.25, 0.3) is 0 Å². The zero-order chi connectivity index (χ0) is 41.1. The molecule has 0 saturated carbocycles. The minimum Gasteiger partial charge on any atom is -0.462 e. The van der Waals surface area contributed by atoms with E-state index in [9.17, 15) is 19.0 Å². The van der Waals surface area contributed by atoms with Crippen molar-refractivity contribution in [3.63, 3.8) is 0 Å². The van der Waals surface area contributed by atoms with Gasteiger partial charge in [-0.2, -0.15) is 0 Å². The Kier molecular flexibility index (Phi) is 41.5. The molecule has 0 bridgehead atoms. The molecule has 10 heteroatoms. The Morgan fingerprint density at radius 1 is 0.518 bits per heavy atom. The van der Waals surface area contributed by atoms with Gasteiger partial charge in [0.25, 0.3) is 0 Å². The molecule has 56 heavy (non-hydrogen) atoms. The Balaban J connectivity index is 4.10. The Hall–Kier alpha value is -1.77. The summed E-state index contributed by atoms with van der Waals surface area (Å²) in [5.41, 5.74) is 5.34. The first kappa shape index (κ1) is 54.2. The molecule has 9 nitrogen and oxygen atoms in total. The Morgan fingerprint density at radius 2 is 0.911 bits per heavy atom. The van der Waals surface area contributed by atoms with Crippen molar-refractivity contribution in [1.82, 2.24) is 0 Å². The topological polar surface area (TPSA) is 134 Å². The zero-order valence-electron chi connectivity index (χ0n) is 36.1. The van der Waals surface area contributed by atoms with Gasteiger partial charge in [-0.3, -0.25) is 18.6 Å². The number of phosphoric ester groups is 1. The van der Waals surface area contributed by atoms with Crippen molar-refractivity contribution in [3.8, 4) is 0 Å². The van der Waals surface area contributed by atoms with Gasteiger partial charge in [0, 0.05) is 19.4 Å². The summed E-state index contributed by atoms with van der Waals surface area (Å²) in [6, 6.07) is 0. The molecule has 0 aliphatic rings. The lowest BCUT2D eigenvalue weighted by Gasteiger charge is -2.19. The number of phosphoric acid groups is 1. The molecule has 2 atom stereocenters. The van der Waals surface area contributed by atoms with E-state index in [4.69, 9.17) is 24.3 Å². The van der Waals surface area contributed by atoms with Gasteiger partial charge < -0.3 is 20.1 Å². The van der Waals surface area contributed by atoms with Gasteiger partial charge in [-0.05, 0) is 70.6 Å². The third-order valence-corrected chi connectivity index (χ3v) is 10.7. The largest absolute Gasteiger partial charge is 0.472 e. The van der Waals surface area contributed by atoms with Crippen LogP contribution in [-0.2, 0) is 32.7 Å². The first-order valence-corrected chi connectivity index (χ1v) is 24.5. The molecule has 0 aliphatic carbocycles. The quantitative estimate of drug-likeness (QED) is 0.0267. The Labute approximate surface area is 344 Å². The molecule has 0 aromatic heterocycles. The minimum absolute atomic E-state index is 0.0471. The van der Waals surface area contributed by atoms with Gasteiger partial charge in [0.15, 0.2) is 6.10 Å². The molecule has 328 valence electrons. The maximum atomic E-state index is 12.5. The van der Waals surface area contributed by atoms with E-state index in [1.165, 1.54) is 109 Å². The summed E-state index contributed by atoms with van der Waals surface area (Å²) in [4.78, 5) is 34.8. The van der Waals surface area contributed by atoms with Crippen LogP contribution < -0.4 is 5.73 Å². The fraction of sp³-hybridized carbons (Fsp3) is 0.826. The highest BCUT2D eigenvalue weighted by molar-refractivity contribution is 7.47. The van der Waals surface area contributed by atoms with Crippen molar-refractivity contribution >= 4 is 19.8 Å². The number of carbonyl (C=O) groups excluding carboxylic acids is 2. The third kappa shape index (κ3) is 41.9. The number of allylic oxidation sites excluding steroid dienone is 6. The summed E-state index contributed by atoms with van der Waals surface area (Å²) in [5.74, 6) is -0.886. The summed E-state index contributed by atoms with van der Waals surface area (Å²) >= 11 is 0. The van der Waals surface area contributed by atoms with Gasteiger partial charge in [-0.25, -0.2) is 4.57 Å². The van der Waals surface area contributed by atoms with Crippen molar-refractivity contribution < 1.29 is 37.6 Å². The Bertz CT molecular complexity index is 1020. The molecule has 0 heterocycles. The van der Waals surface area contributed by atoms with E-state index in [2.05, 4.69) is 50.3 Å². The maximum absolute atomic E-state index is 12.5. The molecule has 0 aliphatic heterocycles. The summed E-state index contributed by atoms with van der Waals surface area (Å²) < 4.78 is 32.7. The average molecular weight is 812 g/mol. The number of esters is 2. The molecule has 0 amide bonds. The van der Waals surface area contributed by atoms with Crippen LogP contribution in [0.3, 0.4) is 0 Å². The van der Waals surface area contributed by atoms with Crippen molar-refractivity contribution in [1.29, 1.82) is 0 Å². The average Bonchev–Trinajstić information content (AvgIpc) is 3.18. The fourth-order valence-corrected chi connectivity index (χ4v) is 7.06. The van der Waals surface area contributed by atoms with Gasteiger partial charge in [0.05, 0.1) is 13.2 Å². The predicted molar refractivity (Wildman–Crippen MR) is 234 cm³/mol. The second-order valence-electron chi connectivity index (χ2n) is 15.3. The molecule has 0 saturated heterocycles. The molecular formula is C46H86NO8P. The van der Waals surface area contributed by atoms with Crippen LogP contribution in [0.5, 0.6) is 0 Å². The molecule has 0 radical (unpaired) electrons. The monoisotopic (exact) mass is 812 g/mol. The highest BCUT2D eigenvalue weighted by Crippen LogP contribution is 2.43. The SMILES string of the molecule is CCCCC/C=C/CCCCCCCC(=O)O[C@@H](COC(=O)CCC/C=C/CC/C=C/CCCCCCCCCCCCCCCC)COP(=O)(O)OCCN. The molecule has 1 unspecified atom stereocenters. The second-order valence-corrected chi connectivity index (χ2v) is 16.7. The Morgan fingerprint density at radius 3 is 1.41 bits per heavy atom. The van der Waals surface area contributed by atoms with E-state index in [1.54, 1.807) is 0 Å². The van der Waals surface area contributed by atoms with E-state index in [1.807, 2.05) is 0 Å². The molecule has 0 spiro atoms. The van der Waals surface area contributed by atoms with E-state index < -0.39 is 32.5 Å². The number of hydrogen-bond acceptors (Lipinski definition) is 8. The molecule has 0 rings (SSSR count). The number of hydrogen-bond donors (Lipinski definition) is 2. The lowest BCUT2D eigenvalue weighted by atomic mass is 10.0. The fourth-order valence-electron chi connectivity index (χ4n) is 6.30. The number of carbonyl (C=O) groups is 2. The summed E-state index contributed by atoms with van der Waals surface area (Å²) in [5, 5.41) is 0. The zero-order valence-corrected chi connectivity index (χ0v) is 37.0. The number of ether oxygens (including phenoxy) is 2. The van der Waals surface area contributed by atoms with Crippen LogP contribution in [-0.4, -0.2) is 49.3 Å². The molecular weight excluding hydrogens is 725 g/mol. The van der Waals surface area contributed by atoms with Gasteiger partial charge in [-0.1, -0.05) is 166 Å². The van der Waals surface area contributed by atoms with Gasteiger partial charge >= 0.3 is 19.8 Å². The summed E-state index contributed by atoms with van der Waals surface area (Å²) in [7, 11) is -4.38. The van der Waals surface area contributed by atoms with Crippen molar-refractivity contribution in [2.24, 2.45) is 5.73 Å². The number of nitrogens with two attached hydrogens (primary N) is 1. The van der Waals surface area contributed by atoms with Crippen LogP contribution in [0.15, 0.2) is 36.5 Å². The number of unbranched alkanes of at least 4 members (excludes halogenated alkanes) is 24. The maximum Gasteiger partial charge on any atom is 0.472 e. The van der Waals surface area contributed by atoms with Crippen LogP contribution in [0.4, 0.5) is 0 Å². The van der Waals surface area contributed by atoms with Crippen LogP contribution in [0.2, 0.25) is 0 Å².